The lowest BCUT2D eigenvalue weighted by Gasteiger charge is -2.10. The first-order valence-electron chi connectivity index (χ1n) is 8.35. The number of hydrogen-bond donors (Lipinski definition) is 7. The Kier molecular flexibility index (Phi) is 19.5. The largest absolute Gasteiger partial charge is 0.329 e. The van der Waals surface area contributed by atoms with Gasteiger partial charge in [-0.3, -0.25) is 0 Å². The highest BCUT2D eigenvalue weighted by molar-refractivity contribution is 4.58. The summed E-state index contributed by atoms with van der Waals surface area (Å²) >= 11 is 0. The van der Waals surface area contributed by atoms with Gasteiger partial charge in [0.2, 0.25) is 0 Å². The van der Waals surface area contributed by atoms with Crippen LogP contribution in [0.15, 0.2) is 0 Å². The predicted molar refractivity (Wildman–Crippen MR) is 91.7 cm³/mol. The highest BCUT2D eigenvalue weighted by Crippen LogP contribution is 1.76. The zero-order valence-electron chi connectivity index (χ0n) is 13.6. The topological polar surface area (TPSA) is 112 Å². The standard InChI is InChI=1S/C10H24N4.C4H13N3/c1-3-11-7-9-13-5-2-6-14-10-8-12-4-1;5-1-3-7-4-2-6/h11-14H,1-10H2;7H,1-6H2. The molecule has 1 fully saturated rings. The lowest BCUT2D eigenvalue weighted by atomic mass is 10.3. The van der Waals surface area contributed by atoms with E-state index in [1.54, 1.807) is 0 Å². The Morgan fingerprint density at radius 2 is 0.905 bits per heavy atom. The first-order valence-corrected chi connectivity index (χ1v) is 8.35. The average molecular weight is 303 g/mol. The summed E-state index contributed by atoms with van der Waals surface area (Å²) in [6, 6.07) is 0. The summed E-state index contributed by atoms with van der Waals surface area (Å²) in [5, 5.41) is 16.7. The molecule has 0 atom stereocenters. The molecule has 1 aliphatic heterocycles. The van der Waals surface area contributed by atoms with Gasteiger partial charge in [-0.05, 0) is 39.0 Å². The molecule has 128 valence electrons. The minimum atomic E-state index is 0.694. The van der Waals surface area contributed by atoms with E-state index >= 15 is 0 Å². The van der Waals surface area contributed by atoms with Gasteiger partial charge in [0.05, 0.1) is 0 Å². The fourth-order valence-electron chi connectivity index (χ4n) is 1.86. The molecule has 21 heavy (non-hydrogen) atoms. The first kappa shape index (κ1) is 20.7. The van der Waals surface area contributed by atoms with Crippen LogP contribution in [0.5, 0.6) is 0 Å². The third-order valence-electron chi connectivity index (χ3n) is 3.01. The van der Waals surface area contributed by atoms with Gasteiger partial charge in [-0.15, -0.1) is 0 Å². The molecular formula is C14H37N7. The number of nitrogens with one attached hydrogen (secondary N) is 5. The average Bonchev–Trinajstić information content (AvgIpc) is 2.51. The third kappa shape index (κ3) is 19.7. The Morgan fingerprint density at radius 1 is 0.571 bits per heavy atom. The normalized spacial score (nSPS) is 19.1. The minimum Gasteiger partial charge on any atom is -0.329 e. The SMILES string of the molecule is C1CNCCNCCCNCCNC1.NCCNCCN. The van der Waals surface area contributed by atoms with Crippen LogP contribution in [0.2, 0.25) is 0 Å². The molecule has 0 aliphatic carbocycles. The van der Waals surface area contributed by atoms with E-state index in [4.69, 9.17) is 11.5 Å². The molecular weight excluding hydrogens is 266 g/mol. The first-order chi connectivity index (χ1) is 10.4. The molecule has 0 amide bonds. The monoisotopic (exact) mass is 303 g/mol. The molecule has 0 radical (unpaired) electrons. The number of rotatable bonds is 4. The lowest BCUT2D eigenvalue weighted by Crippen LogP contribution is -2.34. The summed E-state index contributed by atoms with van der Waals surface area (Å²) in [6.45, 7) is 12.0. The molecule has 0 aromatic rings. The van der Waals surface area contributed by atoms with E-state index in [1.807, 2.05) is 0 Å². The molecule has 7 nitrogen and oxygen atoms in total. The molecule has 1 rings (SSSR count). The third-order valence-corrected chi connectivity index (χ3v) is 3.01. The van der Waals surface area contributed by atoms with Gasteiger partial charge in [-0.2, -0.15) is 0 Å². The summed E-state index contributed by atoms with van der Waals surface area (Å²) in [5.74, 6) is 0. The van der Waals surface area contributed by atoms with Crippen molar-refractivity contribution in [1.82, 2.24) is 26.6 Å². The summed E-state index contributed by atoms with van der Waals surface area (Å²) < 4.78 is 0. The Hall–Kier alpha value is -0.280. The minimum absolute atomic E-state index is 0.694. The van der Waals surface area contributed by atoms with Gasteiger partial charge in [-0.1, -0.05) is 0 Å². The van der Waals surface area contributed by atoms with Crippen molar-refractivity contribution >= 4 is 0 Å². The van der Waals surface area contributed by atoms with Gasteiger partial charge in [0.1, 0.15) is 0 Å². The molecule has 0 bridgehead atoms. The van der Waals surface area contributed by atoms with Gasteiger partial charge < -0.3 is 38.1 Å². The van der Waals surface area contributed by atoms with Crippen molar-refractivity contribution in [2.24, 2.45) is 11.5 Å². The Labute approximate surface area is 130 Å². The van der Waals surface area contributed by atoms with Gasteiger partial charge in [0.15, 0.2) is 0 Å². The maximum absolute atomic E-state index is 5.17. The maximum atomic E-state index is 5.17. The Morgan fingerprint density at radius 3 is 1.19 bits per heavy atom. The molecule has 0 spiro atoms. The molecule has 1 heterocycles. The molecule has 0 aromatic heterocycles. The van der Waals surface area contributed by atoms with E-state index in [1.165, 1.54) is 12.8 Å². The van der Waals surface area contributed by atoms with Crippen LogP contribution < -0.4 is 38.1 Å². The fourth-order valence-corrected chi connectivity index (χ4v) is 1.86. The van der Waals surface area contributed by atoms with Crippen molar-refractivity contribution < 1.29 is 0 Å². The van der Waals surface area contributed by atoms with Crippen LogP contribution in [0.25, 0.3) is 0 Å². The quantitative estimate of drug-likeness (QED) is 0.291. The second-order valence-electron chi connectivity index (χ2n) is 5.03. The Bertz CT molecular complexity index is 123. The predicted octanol–water partition coefficient (Wildman–Crippen LogP) is -2.37. The van der Waals surface area contributed by atoms with E-state index in [9.17, 15) is 0 Å². The fraction of sp³-hybridized carbons (Fsp3) is 1.00. The van der Waals surface area contributed by atoms with Gasteiger partial charge in [-0.25, -0.2) is 0 Å². The zero-order valence-corrected chi connectivity index (χ0v) is 13.6. The van der Waals surface area contributed by atoms with Crippen LogP contribution in [0.4, 0.5) is 0 Å². The van der Waals surface area contributed by atoms with Crippen molar-refractivity contribution in [3.05, 3.63) is 0 Å². The maximum Gasteiger partial charge on any atom is 0.00767 e. The van der Waals surface area contributed by atoms with Crippen LogP contribution in [0, 0.1) is 0 Å². The summed E-state index contributed by atoms with van der Waals surface area (Å²) in [4.78, 5) is 0. The van der Waals surface area contributed by atoms with Crippen molar-refractivity contribution in [1.29, 1.82) is 0 Å². The van der Waals surface area contributed by atoms with Crippen LogP contribution in [-0.4, -0.2) is 78.5 Å². The lowest BCUT2D eigenvalue weighted by molar-refractivity contribution is 0.530. The molecule has 1 aliphatic rings. The Balaban J connectivity index is 0.000000486. The van der Waals surface area contributed by atoms with Crippen LogP contribution in [-0.2, 0) is 0 Å². The number of hydrogen-bond acceptors (Lipinski definition) is 7. The summed E-state index contributed by atoms with van der Waals surface area (Å²) in [7, 11) is 0. The molecule has 0 unspecified atom stereocenters. The van der Waals surface area contributed by atoms with Crippen LogP contribution >= 0.6 is 0 Å². The highest BCUT2D eigenvalue weighted by Gasteiger charge is 1.93. The summed E-state index contributed by atoms with van der Waals surface area (Å²) in [6.07, 6.45) is 2.44. The van der Waals surface area contributed by atoms with Crippen LogP contribution in [0.1, 0.15) is 12.8 Å². The second-order valence-corrected chi connectivity index (χ2v) is 5.03. The van der Waals surface area contributed by atoms with E-state index < -0.39 is 0 Å². The van der Waals surface area contributed by atoms with E-state index in [0.29, 0.717) is 13.1 Å². The molecule has 9 N–H and O–H groups in total. The molecule has 0 saturated carbocycles. The van der Waals surface area contributed by atoms with E-state index in [-0.39, 0.29) is 0 Å². The van der Waals surface area contributed by atoms with Gasteiger partial charge >= 0.3 is 0 Å². The van der Waals surface area contributed by atoms with E-state index in [0.717, 1.165) is 65.4 Å². The molecule has 1 saturated heterocycles. The smallest absolute Gasteiger partial charge is 0.00767 e. The summed E-state index contributed by atoms with van der Waals surface area (Å²) in [5.41, 5.74) is 10.3. The number of nitrogens with two attached hydrogens (primary N) is 2. The molecule has 0 aromatic carbocycles. The molecule has 7 heteroatoms. The second kappa shape index (κ2) is 19.7. The highest BCUT2D eigenvalue weighted by atomic mass is 15.0. The van der Waals surface area contributed by atoms with Crippen LogP contribution in [0.3, 0.4) is 0 Å². The van der Waals surface area contributed by atoms with Gasteiger partial charge in [0.25, 0.3) is 0 Å². The van der Waals surface area contributed by atoms with Crippen molar-refractivity contribution in [2.45, 2.75) is 12.8 Å². The van der Waals surface area contributed by atoms with Crippen molar-refractivity contribution in [2.75, 3.05) is 78.5 Å². The van der Waals surface area contributed by atoms with Gasteiger partial charge in [0, 0.05) is 52.4 Å². The van der Waals surface area contributed by atoms with Crippen molar-refractivity contribution in [3.63, 3.8) is 0 Å². The van der Waals surface area contributed by atoms with E-state index in [2.05, 4.69) is 26.6 Å². The van der Waals surface area contributed by atoms with Crippen molar-refractivity contribution in [3.8, 4) is 0 Å². The zero-order chi connectivity index (χ0) is 15.4.